The highest BCUT2D eigenvalue weighted by molar-refractivity contribution is 6.01. The molecule has 1 aromatic rings. The van der Waals surface area contributed by atoms with E-state index in [4.69, 9.17) is 5.73 Å². The molecule has 0 amide bonds. The Bertz CT molecular complexity index is 313. The van der Waals surface area contributed by atoms with Crippen LogP contribution in [0.3, 0.4) is 0 Å². The van der Waals surface area contributed by atoms with Crippen molar-refractivity contribution in [2.75, 3.05) is 26.4 Å². The number of benzene rings is 1. The molecule has 1 rings (SSSR count). The van der Waals surface area contributed by atoms with Crippen LogP contribution >= 0.6 is 12.4 Å². The predicted molar refractivity (Wildman–Crippen MR) is 61.0 cm³/mol. The first-order valence-corrected chi connectivity index (χ1v) is 4.13. The molecule has 14 heavy (non-hydrogen) atoms. The molecule has 0 bridgehead atoms. The molecule has 0 aliphatic carbocycles. The SMILES string of the molecule is CN(C)CC(=O)c1ccccc1N.Cl. The Balaban J connectivity index is 0.00000169. The standard InChI is InChI=1S/C10H14N2O.ClH/c1-12(2)7-10(13)8-5-3-4-6-9(8)11;/h3-6H,7,11H2,1-2H3;1H. The van der Waals surface area contributed by atoms with Crippen LogP contribution in [-0.2, 0) is 0 Å². The molecule has 0 unspecified atom stereocenters. The molecule has 0 aliphatic heterocycles. The molecule has 4 heteroatoms. The lowest BCUT2D eigenvalue weighted by Crippen LogP contribution is -2.22. The van der Waals surface area contributed by atoms with Crippen LogP contribution < -0.4 is 5.73 Å². The highest BCUT2D eigenvalue weighted by Gasteiger charge is 2.08. The molecule has 78 valence electrons. The summed E-state index contributed by atoms with van der Waals surface area (Å²) in [6.07, 6.45) is 0. The van der Waals surface area contributed by atoms with E-state index in [1.54, 1.807) is 12.1 Å². The number of nitrogens with zero attached hydrogens (tertiary/aromatic N) is 1. The van der Waals surface area contributed by atoms with Crippen molar-refractivity contribution in [2.45, 2.75) is 0 Å². The second-order valence-corrected chi connectivity index (χ2v) is 3.25. The Morgan fingerprint density at radius 2 is 1.93 bits per heavy atom. The fourth-order valence-corrected chi connectivity index (χ4v) is 1.12. The lowest BCUT2D eigenvalue weighted by atomic mass is 10.1. The third-order valence-corrected chi connectivity index (χ3v) is 1.72. The number of hydrogen-bond donors (Lipinski definition) is 1. The van der Waals surface area contributed by atoms with Crippen LogP contribution in [0.25, 0.3) is 0 Å². The summed E-state index contributed by atoms with van der Waals surface area (Å²) in [7, 11) is 3.72. The van der Waals surface area contributed by atoms with Crippen molar-refractivity contribution in [3.05, 3.63) is 29.8 Å². The van der Waals surface area contributed by atoms with Crippen molar-refractivity contribution in [3.8, 4) is 0 Å². The maximum atomic E-state index is 11.6. The Morgan fingerprint density at radius 3 is 2.43 bits per heavy atom. The van der Waals surface area contributed by atoms with E-state index in [1.807, 2.05) is 31.1 Å². The van der Waals surface area contributed by atoms with Crippen LogP contribution in [-0.4, -0.2) is 31.3 Å². The number of carbonyl (C=O) groups excluding carboxylic acids is 1. The number of nitrogens with two attached hydrogens (primary N) is 1. The molecule has 0 aromatic heterocycles. The highest BCUT2D eigenvalue weighted by atomic mass is 35.5. The largest absolute Gasteiger partial charge is 0.398 e. The second-order valence-electron chi connectivity index (χ2n) is 3.25. The van der Waals surface area contributed by atoms with E-state index in [9.17, 15) is 4.79 Å². The van der Waals surface area contributed by atoms with Crippen LogP contribution in [0.5, 0.6) is 0 Å². The molecule has 0 atom stereocenters. The Kier molecular flexibility index (Phi) is 5.20. The van der Waals surface area contributed by atoms with Gasteiger partial charge in [0.1, 0.15) is 0 Å². The smallest absolute Gasteiger partial charge is 0.178 e. The van der Waals surface area contributed by atoms with E-state index in [0.717, 1.165) is 0 Å². The Morgan fingerprint density at radius 1 is 1.36 bits per heavy atom. The van der Waals surface area contributed by atoms with Gasteiger partial charge in [-0.1, -0.05) is 12.1 Å². The summed E-state index contributed by atoms with van der Waals surface area (Å²) in [5.41, 5.74) is 6.82. The maximum Gasteiger partial charge on any atom is 0.178 e. The Labute approximate surface area is 90.3 Å². The van der Waals surface area contributed by atoms with Crippen LogP contribution in [0.1, 0.15) is 10.4 Å². The van der Waals surface area contributed by atoms with Gasteiger partial charge in [-0.15, -0.1) is 12.4 Å². The first-order valence-electron chi connectivity index (χ1n) is 4.13. The number of para-hydroxylation sites is 1. The number of carbonyl (C=O) groups is 1. The summed E-state index contributed by atoms with van der Waals surface area (Å²) in [6, 6.07) is 7.13. The lowest BCUT2D eigenvalue weighted by molar-refractivity contribution is 0.0958. The van der Waals surface area contributed by atoms with Gasteiger partial charge in [0.2, 0.25) is 0 Å². The zero-order valence-corrected chi connectivity index (χ0v) is 9.17. The fourth-order valence-electron chi connectivity index (χ4n) is 1.12. The molecule has 0 aliphatic rings. The van der Waals surface area contributed by atoms with E-state index in [1.165, 1.54) is 0 Å². The van der Waals surface area contributed by atoms with Gasteiger partial charge in [-0.2, -0.15) is 0 Å². The van der Waals surface area contributed by atoms with Gasteiger partial charge in [-0.05, 0) is 26.2 Å². The number of Topliss-reactive ketones (excluding diaryl/α,β-unsaturated/α-hetero) is 1. The molecule has 0 radical (unpaired) electrons. The summed E-state index contributed by atoms with van der Waals surface area (Å²) in [6.45, 7) is 0.397. The average Bonchev–Trinajstić information content (AvgIpc) is 2.03. The van der Waals surface area contributed by atoms with Gasteiger partial charge in [0.05, 0.1) is 6.54 Å². The molecular formula is C10H15ClN2O. The van der Waals surface area contributed by atoms with Crippen LogP contribution in [0.15, 0.2) is 24.3 Å². The summed E-state index contributed by atoms with van der Waals surface area (Å²) < 4.78 is 0. The second kappa shape index (κ2) is 5.62. The van der Waals surface area contributed by atoms with E-state index in [2.05, 4.69) is 0 Å². The van der Waals surface area contributed by atoms with Crippen molar-refractivity contribution in [2.24, 2.45) is 0 Å². The monoisotopic (exact) mass is 214 g/mol. The molecule has 0 saturated carbocycles. The summed E-state index contributed by atoms with van der Waals surface area (Å²) in [5, 5.41) is 0. The number of hydrogen-bond acceptors (Lipinski definition) is 3. The zero-order chi connectivity index (χ0) is 9.84. The Hall–Kier alpha value is -1.06. The minimum absolute atomic E-state index is 0. The van der Waals surface area contributed by atoms with Crippen LogP contribution in [0, 0.1) is 0 Å². The van der Waals surface area contributed by atoms with Gasteiger partial charge < -0.3 is 10.6 Å². The number of likely N-dealkylation sites (N-methyl/N-ethyl adjacent to an activating group) is 1. The quantitative estimate of drug-likeness (QED) is 0.612. The number of anilines is 1. The molecule has 0 heterocycles. The summed E-state index contributed by atoms with van der Waals surface area (Å²) >= 11 is 0. The normalized spacial score (nSPS) is 9.64. The molecular weight excluding hydrogens is 200 g/mol. The van der Waals surface area contributed by atoms with Gasteiger partial charge >= 0.3 is 0 Å². The number of ketones is 1. The van der Waals surface area contributed by atoms with Crippen LogP contribution in [0.2, 0.25) is 0 Å². The van der Waals surface area contributed by atoms with Gasteiger partial charge in [0, 0.05) is 11.3 Å². The van der Waals surface area contributed by atoms with Gasteiger partial charge in [-0.3, -0.25) is 4.79 Å². The first-order chi connectivity index (χ1) is 6.11. The minimum Gasteiger partial charge on any atom is -0.398 e. The molecule has 0 spiro atoms. The zero-order valence-electron chi connectivity index (χ0n) is 8.36. The van der Waals surface area contributed by atoms with Crippen molar-refractivity contribution in [3.63, 3.8) is 0 Å². The van der Waals surface area contributed by atoms with E-state index in [-0.39, 0.29) is 18.2 Å². The molecule has 1 aromatic carbocycles. The van der Waals surface area contributed by atoms with Crippen molar-refractivity contribution < 1.29 is 4.79 Å². The number of rotatable bonds is 3. The highest BCUT2D eigenvalue weighted by Crippen LogP contribution is 2.11. The van der Waals surface area contributed by atoms with Gasteiger partial charge in [0.25, 0.3) is 0 Å². The topological polar surface area (TPSA) is 46.3 Å². The minimum atomic E-state index is 0. The average molecular weight is 215 g/mol. The van der Waals surface area contributed by atoms with Crippen molar-refractivity contribution >= 4 is 23.9 Å². The summed E-state index contributed by atoms with van der Waals surface area (Å²) in [4.78, 5) is 13.4. The van der Waals surface area contributed by atoms with Crippen molar-refractivity contribution in [1.82, 2.24) is 4.90 Å². The van der Waals surface area contributed by atoms with E-state index in [0.29, 0.717) is 17.8 Å². The van der Waals surface area contributed by atoms with Crippen molar-refractivity contribution in [1.29, 1.82) is 0 Å². The first kappa shape index (κ1) is 12.9. The lowest BCUT2D eigenvalue weighted by Gasteiger charge is -2.09. The molecule has 0 saturated heterocycles. The third kappa shape index (κ3) is 3.36. The third-order valence-electron chi connectivity index (χ3n) is 1.72. The predicted octanol–water partition coefficient (Wildman–Crippen LogP) is 1.43. The fraction of sp³-hybridized carbons (Fsp3) is 0.300. The number of nitrogen functional groups attached to an aromatic ring is 1. The van der Waals surface area contributed by atoms with E-state index >= 15 is 0 Å². The molecule has 3 nitrogen and oxygen atoms in total. The number of halogens is 1. The maximum absolute atomic E-state index is 11.6. The van der Waals surface area contributed by atoms with Gasteiger partial charge in [-0.25, -0.2) is 0 Å². The summed E-state index contributed by atoms with van der Waals surface area (Å²) in [5.74, 6) is 0.0584. The van der Waals surface area contributed by atoms with Crippen LogP contribution in [0.4, 0.5) is 5.69 Å². The van der Waals surface area contributed by atoms with E-state index < -0.39 is 0 Å². The molecule has 0 fully saturated rings. The molecule has 2 N–H and O–H groups in total. The van der Waals surface area contributed by atoms with Gasteiger partial charge in [0.15, 0.2) is 5.78 Å².